The highest BCUT2D eigenvalue weighted by atomic mass is 16.4. The fourth-order valence-electron chi connectivity index (χ4n) is 2.01. The van der Waals surface area contributed by atoms with E-state index in [4.69, 9.17) is 5.11 Å². The lowest BCUT2D eigenvalue weighted by atomic mass is 9.95. The van der Waals surface area contributed by atoms with Crippen molar-refractivity contribution in [2.24, 2.45) is 5.41 Å². The van der Waals surface area contributed by atoms with E-state index in [9.17, 15) is 14.4 Å². The van der Waals surface area contributed by atoms with E-state index in [-0.39, 0.29) is 24.4 Å². The van der Waals surface area contributed by atoms with E-state index in [1.807, 2.05) is 20.8 Å². The van der Waals surface area contributed by atoms with Gasteiger partial charge in [0.25, 0.3) is 5.91 Å². The molecule has 6 heteroatoms. The predicted molar refractivity (Wildman–Crippen MR) is 91.6 cm³/mol. The molecule has 0 saturated carbocycles. The van der Waals surface area contributed by atoms with Crippen LogP contribution in [0.4, 0.5) is 0 Å². The average Bonchev–Trinajstić information content (AvgIpc) is 2.48. The van der Waals surface area contributed by atoms with E-state index in [1.54, 1.807) is 38.1 Å². The SMILES string of the molecule is CC(C)N(CC(=O)O)C(=O)c1ccc(CNC(=O)C(C)(C)C)cc1. The van der Waals surface area contributed by atoms with Crippen molar-refractivity contribution in [3.8, 4) is 0 Å². The Labute approximate surface area is 142 Å². The van der Waals surface area contributed by atoms with Gasteiger partial charge >= 0.3 is 5.97 Å². The smallest absolute Gasteiger partial charge is 0.323 e. The summed E-state index contributed by atoms with van der Waals surface area (Å²) in [6, 6.07) is 6.61. The second kappa shape index (κ2) is 7.95. The molecule has 0 radical (unpaired) electrons. The number of carboxylic acid groups (broad SMARTS) is 1. The molecular weight excluding hydrogens is 308 g/mol. The number of rotatable bonds is 6. The van der Waals surface area contributed by atoms with Crippen LogP contribution in [-0.2, 0) is 16.1 Å². The van der Waals surface area contributed by atoms with Gasteiger partial charge in [0.05, 0.1) is 0 Å². The number of hydrogen-bond acceptors (Lipinski definition) is 3. The molecule has 0 unspecified atom stereocenters. The second-order valence-electron chi connectivity index (χ2n) is 7.05. The minimum atomic E-state index is -1.04. The summed E-state index contributed by atoms with van der Waals surface area (Å²) in [7, 11) is 0. The van der Waals surface area contributed by atoms with Gasteiger partial charge in [0, 0.05) is 23.6 Å². The predicted octanol–water partition coefficient (Wildman–Crippen LogP) is 2.28. The van der Waals surface area contributed by atoms with Crippen LogP contribution in [0.5, 0.6) is 0 Å². The lowest BCUT2D eigenvalue weighted by Crippen LogP contribution is -2.40. The van der Waals surface area contributed by atoms with Crippen LogP contribution in [-0.4, -0.2) is 40.4 Å². The molecule has 0 atom stereocenters. The molecular formula is C18H26N2O4. The van der Waals surface area contributed by atoms with Gasteiger partial charge in [-0.1, -0.05) is 32.9 Å². The van der Waals surface area contributed by atoms with Crippen LogP contribution in [0.3, 0.4) is 0 Å². The fraction of sp³-hybridized carbons (Fsp3) is 0.500. The lowest BCUT2D eigenvalue weighted by molar-refractivity contribution is -0.138. The standard InChI is InChI=1S/C18H26N2O4/c1-12(2)20(11-15(21)22)16(23)14-8-6-13(7-9-14)10-19-17(24)18(3,4)5/h6-9,12H,10-11H2,1-5H3,(H,19,24)(H,21,22). The summed E-state index contributed by atoms with van der Waals surface area (Å²) in [6.07, 6.45) is 0. The Morgan fingerprint density at radius 3 is 2.08 bits per heavy atom. The zero-order valence-corrected chi connectivity index (χ0v) is 14.9. The molecule has 0 aromatic heterocycles. The minimum absolute atomic E-state index is 0.0462. The average molecular weight is 334 g/mol. The van der Waals surface area contributed by atoms with Gasteiger partial charge in [0.2, 0.25) is 5.91 Å². The van der Waals surface area contributed by atoms with Gasteiger partial charge < -0.3 is 15.3 Å². The first kappa shape index (κ1) is 19.7. The lowest BCUT2D eigenvalue weighted by Gasteiger charge is -2.25. The van der Waals surface area contributed by atoms with Gasteiger partial charge in [-0.15, -0.1) is 0 Å². The molecule has 132 valence electrons. The maximum Gasteiger partial charge on any atom is 0.323 e. The summed E-state index contributed by atoms with van der Waals surface area (Å²) in [5, 5.41) is 11.8. The Kier molecular flexibility index (Phi) is 6.51. The van der Waals surface area contributed by atoms with E-state index in [0.29, 0.717) is 12.1 Å². The topological polar surface area (TPSA) is 86.7 Å². The fourth-order valence-corrected chi connectivity index (χ4v) is 2.01. The van der Waals surface area contributed by atoms with Gasteiger partial charge in [0.15, 0.2) is 0 Å². The first-order chi connectivity index (χ1) is 11.0. The van der Waals surface area contributed by atoms with Crippen LogP contribution < -0.4 is 5.32 Å². The highest BCUT2D eigenvalue weighted by molar-refractivity contribution is 5.96. The van der Waals surface area contributed by atoms with Gasteiger partial charge in [-0.2, -0.15) is 0 Å². The van der Waals surface area contributed by atoms with Crippen LogP contribution in [0.15, 0.2) is 24.3 Å². The number of benzene rings is 1. The number of carbonyl (C=O) groups is 3. The highest BCUT2D eigenvalue weighted by Gasteiger charge is 2.22. The third-order valence-corrected chi connectivity index (χ3v) is 3.52. The van der Waals surface area contributed by atoms with Gasteiger partial charge in [-0.05, 0) is 31.5 Å². The quantitative estimate of drug-likeness (QED) is 0.835. The second-order valence-corrected chi connectivity index (χ2v) is 7.05. The van der Waals surface area contributed by atoms with Gasteiger partial charge in [0.1, 0.15) is 6.54 Å². The monoisotopic (exact) mass is 334 g/mol. The number of aliphatic carboxylic acids is 1. The van der Waals surface area contributed by atoms with E-state index in [0.717, 1.165) is 5.56 Å². The number of nitrogens with zero attached hydrogens (tertiary/aromatic N) is 1. The largest absolute Gasteiger partial charge is 0.480 e. The van der Waals surface area contributed by atoms with Crippen LogP contribution in [0, 0.1) is 5.41 Å². The first-order valence-electron chi connectivity index (χ1n) is 7.92. The van der Waals surface area contributed by atoms with Crippen LogP contribution in [0.1, 0.15) is 50.5 Å². The van der Waals surface area contributed by atoms with Crippen LogP contribution in [0.25, 0.3) is 0 Å². The molecule has 0 spiro atoms. The molecule has 2 N–H and O–H groups in total. The normalized spacial score (nSPS) is 11.2. The Bertz CT molecular complexity index is 600. The van der Waals surface area contributed by atoms with Crippen molar-refractivity contribution in [1.82, 2.24) is 10.2 Å². The maximum atomic E-state index is 12.4. The molecule has 6 nitrogen and oxygen atoms in total. The van der Waals surface area contributed by atoms with Crippen molar-refractivity contribution in [3.05, 3.63) is 35.4 Å². The van der Waals surface area contributed by atoms with E-state index in [1.165, 1.54) is 4.90 Å². The molecule has 0 fully saturated rings. The summed E-state index contributed by atoms with van der Waals surface area (Å²) in [5.41, 5.74) is 0.846. The Morgan fingerprint density at radius 2 is 1.67 bits per heavy atom. The molecule has 1 rings (SSSR count). The molecule has 1 aromatic carbocycles. The van der Waals surface area contributed by atoms with Crippen molar-refractivity contribution in [3.63, 3.8) is 0 Å². The Morgan fingerprint density at radius 1 is 1.12 bits per heavy atom. The molecule has 0 saturated heterocycles. The number of carboxylic acids is 1. The number of nitrogens with one attached hydrogen (secondary N) is 1. The van der Waals surface area contributed by atoms with Crippen molar-refractivity contribution in [2.75, 3.05) is 6.54 Å². The Balaban J connectivity index is 2.77. The number of hydrogen-bond donors (Lipinski definition) is 2. The third kappa shape index (κ3) is 5.68. The van der Waals surface area contributed by atoms with Gasteiger partial charge in [-0.3, -0.25) is 14.4 Å². The summed E-state index contributed by atoms with van der Waals surface area (Å²) < 4.78 is 0. The molecule has 0 aliphatic carbocycles. The Hall–Kier alpha value is -2.37. The highest BCUT2D eigenvalue weighted by Crippen LogP contribution is 2.14. The first-order valence-corrected chi connectivity index (χ1v) is 7.92. The number of amides is 2. The summed E-state index contributed by atoms with van der Waals surface area (Å²) in [4.78, 5) is 36.5. The molecule has 0 aliphatic heterocycles. The van der Waals surface area contributed by atoms with E-state index >= 15 is 0 Å². The molecule has 1 aromatic rings. The van der Waals surface area contributed by atoms with E-state index < -0.39 is 11.4 Å². The van der Waals surface area contributed by atoms with E-state index in [2.05, 4.69) is 5.32 Å². The molecule has 0 aliphatic rings. The van der Waals surface area contributed by atoms with Crippen molar-refractivity contribution >= 4 is 17.8 Å². The minimum Gasteiger partial charge on any atom is -0.480 e. The summed E-state index contributed by atoms with van der Waals surface area (Å²) >= 11 is 0. The zero-order valence-electron chi connectivity index (χ0n) is 14.9. The summed E-state index contributed by atoms with van der Waals surface area (Å²) in [5.74, 6) is -1.41. The maximum absolute atomic E-state index is 12.4. The number of carbonyl (C=O) groups excluding carboxylic acids is 2. The van der Waals surface area contributed by atoms with Gasteiger partial charge in [-0.25, -0.2) is 0 Å². The third-order valence-electron chi connectivity index (χ3n) is 3.52. The van der Waals surface area contributed by atoms with Crippen LogP contribution in [0.2, 0.25) is 0 Å². The molecule has 24 heavy (non-hydrogen) atoms. The van der Waals surface area contributed by atoms with Crippen LogP contribution >= 0.6 is 0 Å². The molecule has 2 amide bonds. The zero-order chi connectivity index (χ0) is 18.5. The molecule has 0 heterocycles. The van der Waals surface area contributed by atoms with Crippen molar-refractivity contribution in [2.45, 2.75) is 47.2 Å². The molecule has 0 bridgehead atoms. The van der Waals surface area contributed by atoms with Crippen molar-refractivity contribution in [1.29, 1.82) is 0 Å². The van der Waals surface area contributed by atoms with Crippen molar-refractivity contribution < 1.29 is 19.5 Å². The summed E-state index contributed by atoms with van der Waals surface area (Å²) in [6.45, 7) is 9.12.